The number of pyridine rings is 1. The summed E-state index contributed by atoms with van der Waals surface area (Å²) >= 11 is 0. The maximum absolute atomic E-state index is 12.9. The molecule has 9 heteroatoms. The summed E-state index contributed by atoms with van der Waals surface area (Å²) in [6.07, 6.45) is 6.74. The van der Waals surface area contributed by atoms with Crippen LogP contribution >= 0.6 is 0 Å². The molecule has 5 heterocycles. The van der Waals surface area contributed by atoms with E-state index < -0.39 is 11.9 Å². The lowest BCUT2D eigenvalue weighted by atomic mass is 9.97. The Labute approximate surface area is 210 Å². The highest BCUT2D eigenvalue weighted by atomic mass is 16.5. The minimum atomic E-state index is -0.603. The smallest absolute Gasteiger partial charge is 0.255 e. The molecule has 36 heavy (non-hydrogen) atoms. The average molecular weight is 490 g/mol. The average Bonchev–Trinajstić information content (AvgIpc) is 3.42. The highest BCUT2D eigenvalue weighted by Gasteiger charge is 2.39. The molecule has 2 saturated heterocycles. The zero-order valence-corrected chi connectivity index (χ0v) is 20.5. The molecule has 0 spiro atoms. The number of imide groups is 1. The van der Waals surface area contributed by atoms with Crippen LogP contribution in [0.2, 0.25) is 0 Å². The van der Waals surface area contributed by atoms with E-state index in [9.17, 15) is 14.4 Å². The topological polar surface area (TPSA) is 95.1 Å². The predicted molar refractivity (Wildman–Crippen MR) is 131 cm³/mol. The van der Waals surface area contributed by atoms with Crippen molar-refractivity contribution in [3.8, 4) is 5.75 Å². The van der Waals surface area contributed by atoms with Crippen molar-refractivity contribution in [3.05, 3.63) is 58.4 Å². The molecule has 1 unspecified atom stereocenters. The third kappa shape index (κ3) is 4.37. The van der Waals surface area contributed by atoms with E-state index in [1.165, 1.54) is 16.7 Å². The maximum Gasteiger partial charge on any atom is 0.255 e. The summed E-state index contributed by atoms with van der Waals surface area (Å²) in [6.45, 7) is 5.11. The first-order valence-electron chi connectivity index (χ1n) is 12.7. The minimum Gasteiger partial charge on any atom is -0.489 e. The van der Waals surface area contributed by atoms with Crippen molar-refractivity contribution in [2.45, 2.75) is 57.5 Å². The summed E-state index contributed by atoms with van der Waals surface area (Å²) in [7, 11) is 2.15. The number of rotatable bonds is 5. The van der Waals surface area contributed by atoms with Gasteiger partial charge >= 0.3 is 0 Å². The quantitative estimate of drug-likeness (QED) is 0.636. The Balaban J connectivity index is 1.08. The van der Waals surface area contributed by atoms with Crippen molar-refractivity contribution in [2.75, 3.05) is 26.7 Å². The van der Waals surface area contributed by atoms with Gasteiger partial charge in [-0.1, -0.05) is 0 Å². The molecule has 2 atom stereocenters. The van der Waals surface area contributed by atoms with Gasteiger partial charge in [0.05, 0.1) is 0 Å². The van der Waals surface area contributed by atoms with E-state index in [2.05, 4.69) is 27.1 Å². The van der Waals surface area contributed by atoms with Crippen molar-refractivity contribution >= 4 is 17.7 Å². The number of nitrogens with zero attached hydrogens (tertiary/aromatic N) is 4. The molecule has 9 nitrogen and oxygen atoms in total. The number of aromatic nitrogens is 1. The first kappa shape index (κ1) is 23.1. The number of likely N-dealkylation sites (N-methyl/N-ethyl adjacent to an activating group) is 1. The Bertz CT molecular complexity index is 1230. The summed E-state index contributed by atoms with van der Waals surface area (Å²) in [5.41, 5.74) is 5.59. The predicted octanol–water partition coefficient (Wildman–Crippen LogP) is 1.48. The van der Waals surface area contributed by atoms with Crippen LogP contribution in [0.3, 0.4) is 0 Å². The van der Waals surface area contributed by atoms with E-state index in [4.69, 9.17) is 4.74 Å². The Morgan fingerprint density at radius 1 is 1.06 bits per heavy atom. The van der Waals surface area contributed by atoms with Crippen LogP contribution in [-0.4, -0.2) is 76.2 Å². The molecule has 0 aliphatic carbocycles. The van der Waals surface area contributed by atoms with Crippen molar-refractivity contribution in [2.24, 2.45) is 0 Å². The number of benzene rings is 1. The largest absolute Gasteiger partial charge is 0.489 e. The monoisotopic (exact) mass is 489 g/mol. The van der Waals surface area contributed by atoms with Crippen molar-refractivity contribution < 1.29 is 19.1 Å². The third-order valence-corrected chi connectivity index (χ3v) is 7.84. The van der Waals surface area contributed by atoms with Crippen molar-refractivity contribution in [1.82, 2.24) is 25.0 Å². The van der Waals surface area contributed by atoms with Crippen molar-refractivity contribution in [1.29, 1.82) is 0 Å². The SMILES string of the molecule is CN1CCc2c(cncc2CN2CC[C@H](Oc3ccc4c(c3)CN(C3CCC(=O)NC3=O)C4=O)C2)C1. The molecule has 1 aromatic heterocycles. The fourth-order valence-electron chi connectivity index (χ4n) is 5.94. The summed E-state index contributed by atoms with van der Waals surface area (Å²) in [6, 6.07) is 4.97. The van der Waals surface area contributed by atoms with E-state index in [1.807, 2.05) is 24.5 Å². The highest BCUT2D eigenvalue weighted by molar-refractivity contribution is 6.05. The third-order valence-electron chi connectivity index (χ3n) is 7.84. The van der Waals surface area contributed by atoms with E-state index in [0.717, 1.165) is 56.9 Å². The number of ether oxygens (including phenoxy) is 1. The molecule has 2 fully saturated rings. The highest BCUT2D eigenvalue weighted by Crippen LogP contribution is 2.31. The van der Waals surface area contributed by atoms with E-state index in [-0.39, 0.29) is 24.3 Å². The van der Waals surface area contributed by atoms with Crippen LogP contribution in [0.1, 0.15) is 51.9 Å². The summed E-state index contributed by atoms with van der Waals surface area (Å²) in [5, 5.41) is 2.35. The van der Waals surface area contributed by atoms with Crippen LogP contribution in [-0.2, 0) is 35.6 Å². The fourth-order valence-corrected chi connectivity index (χ4v) is 5.94. The van der Waals surface area contributed by atoms with Crippen LogP contribution < -0.4 is 10.1 Å². The molecular weight excluding hydrogens is 458 g/mol. The zero-order chi connectivity index (χ0) is 24.8. The normalized spacial score (nSPS) is 24.6. The number of piperidine rings is 1. The van der Waals surface area contributed by atoms with Gasteiger partial charge in [0, 0.05) is 63.6 Å². The van der Waals surface area contributed by atoms with Gasteiger partial charge in [0.25, 0.3) is 5.91 Å². The molecule has 3 amide bonds. The van der Waals surface area contributed by atoms with Gasteiger partial charge in [0.2, 0.25) is 11.8 Å². The van der Waals surface area contributed by atoms with Gasteiger partial charge < -0.3 is 14.5 Å². The second-order valence-corrected chi connectivity index (χ2v) is 10.4. The van der Waals surface area contributed by atoms with Gasteiger partial charge in [-0.05, 0) is 66.8 Å². The summed E-state index contributed by atoms with van der Waals surface area (Å²) in [5.74, 6) is -0.0843. The van der Waals surface area contributed by atoms with E-state index >= 15 is 0 Å². The van der Waals surface area contributed by atoms with Gasteiger partial charge in [0.1, 0.15) is 17.9 Å². The molecule has 1 N–H and O–H groups in total. The molecular formula is C27H31N5O4. The lowest BCUT2D eigenvalue weighted by Crippen LogP contribution is -2.52. The van der Waals surface area contributed by atoms with Crippen molar-refractivity contribution in [3.63, 3.8) is 0 Å². The van der Waals surface area contributed by atoms with Crippen LogP contribution in [0.15, 0.2) is 30.6 Å². The second kappa shape index (κ2) is 9.29. The second-order valence-electron chi connectivity index (χ2n) is 10.4. The molecule has 0 radical (unpaired) electrons. The number of amides is 3. The number of carbonyl (C=O) groups is 3. The standard InChI is InChI=1S/C27H31N5O4/c1-30-8-7-22-18(13-30)11-28-12-19(22)14-31-9-6-21(16-31)36-20-2-3-23-17(10-20)15-32(27(23)35)24-4-5-25(33)29-26(24)34/h2-3,10-12,21,24H,4-9,13-16H2,1H3,(H,29,33,34)/t21-,24?/m0/s1. The Morgan fingerprint density at radius 2 is 1.94 bits per heavy atom. The van der Waals surface area contributed by atoms with Gasteiger partial charge in [-0.25, -0.2) is 0 Å². The number of carbonyl (C=O) groups excluding carboxylic acids is 3. The first-order chi connectivity index (χ1) is 17.4. The van der Waals surface area contributed by atoms with E-state index in [1.54, 1.807) is 11.0 Å². The molecule has 1 aromatic carbocycles. The minimum absolute atomic E-state index is 0.0880. The van der Waals surface area contributed by atoms with Gasteiger partial charge in [-0.15, -0.1) is 0 Å². The van der Waals surface area contributed by atoms with Crippen LogP contribution in [0.25, 0.3) is 0 Å². The number of hydrogen-bond acceptors (Lipinski definition) is 7. The number of fused-ring (bicyclic) bond motifs is 2. The Kier molecular flexibility index (Phi) is 5.97. The fraction of sp³-hybridized carbons (Fsp3) is 0.481. The van der Waals surface area contributed by atoms with Crippen LogP contribution in [0, 0.1) is 0 Å². The van der Waals surface area contributed by atoms with E-state index in [0.29, 0.717) is 18.5 Å². The van der Waals surface area contributed by atoms with Gasteiger partial charge in [-0.2, -0.15) is 0 Å². The first-order valence-corrected chi connectivity index (χ1v) is 12.7. The molecule has 0 saturated carbocycles. The lowest BCUT2D eigenvalue weighted by molar-refractivity contribution is -0.136. The lowest BCUT2D eigenvalue weighted by Gasteiger charge is -2.29. The number of likely N-dealkylation sites (tertiary alicyclic amines) is 1. The molecule has 6 rings (SSSR count). The molecule has 2 aromatic rings. The maximum atomic E-state index is 12.9. The molecule has 4 aliphatic heterocycles. The Hall–Kier alpha value is -3.30. The molecule has 0 bridgehead atoms. The van der Waals surface area contributed by atoms with Crippen LogP contribution in [0.4, 0.5) is 0 Å². The number of nitrogens with one attached hydrogen (secondary N) is 1. The summed E-state index contributed by atoms with van der Waals surface area (Å²) < 4.78 is 6.33. The summed E-state index contributed by atoms with van der Waals surface area (Å²) in [4.78, 5) is 47.5. The van der Waals surface area contributed by atoms with Gasteiger partial charge in [0.15, 0.2) is 0 Å². The zero-order valence-electron chi connectivity index (χ0n) is 20.5. The van der Waals surface area contributed by atoms with Crippen LogP contribution in [0.5, 0.6) is 5.75 Å². The number of hydrogen-bond donors (Lipinski definition) is 1. The van der Waals surface area contributed by atoms with Gasteiger partial charge in [-0.3, -0.25) is 29.6 Å². The molecule has 4 aliphatic rings. The molecule has 188 valence electrons. The Morgan fingerprint density at radius 3 is 2.81 bits per heavy atom.